The number of hydrogen-bond acceptors (Lipinski definition) is 4. The normalized spacial score (nSPS) is 19.1. The van der Waals surface area contributed by atoms with E-state index in [0.717, 1.165) is 42.1 Å². The molecule has 5 rings (SSSR count). The zero-order chi connectivity index (χ0) is 17.5. The number of nitrogens with zero attached hydrogens (tertiary/aromatic N) is 3. The molecule has 132 valence electrons. The van der Waals surface area contributed by atoms with Gasteiger partial charge >= 0.3 is 0 Å². The summed E-state index contributed by atoms with van der Waals surface area (Å²) in [5.41, 5.74) is 2.36. The molecule has 0 radical (unpaired) electrons. The zero-order valence-corrected chi connectivity index (χ0v) is 14.3. The van der Waals surface area contributed by atoms with Gasteiger partial charge in [-0.05, 0) is 42.7 Å². The van der Waals surface area contributed by atoms with Crippen molar-refractivity contribution < 1.29 is 14.3 Å². The van der Waals surface area contributed by atoms with E-state index < -0.39 is 0 Å². The minimum atomic E-state index is -0.0221. The molecule has 2 aliphatic heterocycles. The number of likely N-dealkylation sites (tertiary alicyclic amines) is 1. The van der Waals surface area contributed by atoms with Crippen LogP contribution >= 0.6 is 0 Å². The molecular formula is C20H19N3O3. The predicted octanol–water partition coefficient (Wildman–Crippen LogP) is 3.08. The highest BCUT2D eigenvalue weighted by Gasteiger charge is 2.32. The van der Waals surface area contributed by atoms with Crippen LogP contribution in [0.5, 0.6) is 11.5 Å². The highest BCUT2D eigenvalue weighted by Crippen LogP contribution is 2.38. The maximum atomic E-state index is 13.1. The predicted molar refractivity (Wildman–Crippen MR) is 95.6 cm³/mol. The Morgan fingerprint density at radius 3 is 2.88 bits per heavy atom. The van der Waals surface area contributed by atoms with Crippen LogP contribution in [0.4, 0.5) is 0 Å². The van der Waals surface area contributed by atoms with E-state index in [9.17, 15) is 4.79 Å². The number of aromatic nitrogens is 2. The lowest BCUT2D eigenvalue weighted by Gasteiger charge is -2.26. The minimum Gasteiger partial charge on any atom is -0.486 e. The average molecular weight is 349 g/mol. The lowest BCUT2D eigenvalue weighted by atomic mass is 10.0. The average Bonchev–Trinajstić information content (AvgIpc) is 3.34. The molecule has 0 bridgehead atoms. The Kier molecular flexibility index (Phi) is 3.55. The summed E-state index contributed by atoms with van der Waals surface area (Å²) in [4.78, 5) is 19.5. The molecule has 1 aromatic carbocycles. The molecule has 1 atom stereocenters. The highest BCUT2D eigenvalue weighted by atomic mass is 16.6. The van der Waals surface area contributed by atoms with Crippen molar-refractivity contribution in [1.82, 2.24) is 14.3 Å². The van der Waals surface area contributed by atoms with Gasteiger partial charge in [-0.2, -0.15) is 0 Å². The highest BCUT2D eigenvalue weighted by molar-refractivity contribution is 5.93. The van der Waals surface area contributed by atoms with Crippen molar-refractivity contribution in [2.24, 2.45) is 0 Å². The summed E-state index contributed by atoms with van der Waals surface area (Å²) in [6.45, 7) is 1.88. The van der Waals surface area contributed by atoms with Crippen molar-refractivity contribution in [3.8, 4) is 11.5 Å². The van der Waals surface area contributed by atoms with Crippen LogP contribution < -0.4 is 9.47 Å². The van der Waals surface area contributed by atoms with E-state index in [1.54, 1.807) is 6.20 Å². The number of imidazole rings is 1. The SMILES string of the molecule is O=C(c1cn2ccccc2n1)N1CCC[C@@H]1c1ccc2c(c1)OCCO2. The number of pyridine rings is 1. The zero-order valence-electron chi connectivity index (χ0n) is 14.3. The van der Waals surface area contributed by atoms with Crippen molar-refractivity contribution in [1.29, 1.82) is 0 Å². The van der Waals surface area contributed by atoms with Gasteiger partial charge in [0.15, 0.2) is 11.5 Å². The molecule has 0 N–H and O–H groups in total. The summed E-state index contributed by atoms with van der Waals surface area (Å²) in [6.07, 6.45) is 5.63. The Bertz CT molecular complexity index is 948. The molecule has 0 aliphatic carbocycles. The smallest absolute Gasteiger partial charge is 0.274 e. The summed E-state index contributed by atoms with van der Waals surface area (Å²) in [5.74, 6) is 1.52. The molecule has 0 saturated carbocycles. The van der Waals surface area contributed by atoms with Crippen LogP contribution in [0, 0.1) is 0 Å². The first kappa shape index (κ1) is 15.3. The molecule has 1 amide bonds. The Labute approximate surface area is 151 Å². The third-order valence-electron chi connectivity index (χ3n) is 5.05. The maximum Gasteiger partial charge on any atom is 0.274 e. The molecule has 2 aliphatic rings. The van der Waals surface area contributed by atoms with Gasteiger partial charge < -0.3 is 18.8 Å². The maximum absolute atomic E-state index is 13.1. The number of carbonyl (C=O) groups excluding carboxylic acids is 1. The monoisotopic (exact) mass is 349 g/mol. The van der Waals surface area contributed by atoms with E-state index in [0.29, 0.717) is 18.9 Å². The van der Waals surface area contributed by atoms with Gasteiger partial charge in [0.1, 0.15) is 24.6 Å². The van der Waals surface area contributed by atoms with Gasteiger partial charge in [0, 0.05) is 18.9 Å². The standard InChI is InChI=1S/C20H19N3O3/c24-20(15-13-22-8-2-1-5-19(22)21-15)23-9-3-4-16(23)14-6-7-17-18(12-14)26-11-10-25-17/h1-2,5-8,12-13,16H,3-4,9-11H2/t16-/m1/s1. The largest absolute Gasteiger partial charge is 0.486 e. The van der Waals surface area contributed by atoms with Gasteiger partial charge in [-0.1, -0.05) is 12.1 Å². The summed E-state index contributed by atoms with van der Waals surface area (Å²) < 4.78 is 13.2. The van der Waals surface area contributed by atoms with Crippen LogP contribution in [0.2, 0.25) is 0 Å². The first-order valence-corrected chi connectivity index (χ1v) is 8.94. The van der Waals surface area contributed by atoms with Gasteiger partial charge in [-0.15, -0.1) is 0 Å². The van der Waals surface area contributed by atoms with E-state index in [1.165, 1.54) is 0 Å². The van der Waals surface area contributed by atoms with Gasteiger partial charge in [0.2, 0.25) is 0 Å². The summed E-state index contributed by atoms with van der Waals surface area (Å²) in [7, 11) is 0. The third-order valence-corrected chi connectivity index (χ3v) is 5.05. The lowest BCUT2D eigenvalue weighted by Crippen LogP contribution is -2.31. The van der Waals surface area contributed by atoms with E-state index in [-0.39, 0.29) is 11.9 Å². The van der Waals surface area contributed by atoms with Crippen molar-refractivity contribution in [2.45, 2.75) is 18.9 Å². The Morgan fingerprint density at radius 2 is 2.00 bits per heavy atom. The summed E-state index contributed by atoms with van der Waals surface area (Å²) >= 11 is 0. The number of amides is 1. The molecule has 4 heterocycles. The lowest BCUT2D eigenvalue weighted by molar-refractivity contribution is 0.0730. The second kappa shape index (κ2) is 6.05. The molecule has 26 heavy (non-hydrogen) atoms. The molecule has 6 nitrogen and oxygen atoms in total. The Balaban J connectivity index is 1.45. The number of ether oxygens (including phenoxy) is 2. The fourth-order valence-electron chi connectivity index (χ4n) is 3.81. The fourth-order valence-corrected chi connectivity index (χ4v) is 3.81. The number of carbonyl (C=O) groups is 1. The number of benzene rings is 1. The number of hydrogen-bond donors (Lipinski definition) is 0. The molecule has 6 heteroatoms. The van der Waals surface area contributed by atoms with Crippen LogP contribution in [0.15, 0.2) is 48.8 Å². The van der Waals surface area contributed by atoms with Crippen LogP contribution in [0.25, 0.3) is 5.65 Å². The van der Waals surface area contributed by atoms with E-state index in [1.807, 2.05) is 51.9 Å². The van der Waals surface area contributed by atoms with Gasteiger partial charge in [0.05, 0.1) is 6.04 Å². The van der Waals surface area contributed by atoms with Gasteiger partial charge in [-0.25, -0.2) is 4.98 Å². The van der Waals surface area contributed by atoms with E-state index in [4.69, 9.17) is 9.47 Å². The topological polar surface area (TPSA) is 56.1 Å². The quantitative estimate of drug-likeness (QED) is 0.713. The van der Waals surface area contributed by atoms with Crippen molar-refractivity contribution in [3.63, 3.8) is 0 Å². The van der Waals surface area contributed by atoms with Crippen LogP contribution in [-0.4, -0.2) is 40.0 Å². The van der Waals surface area contributed by atoms with E-state index in [2.05, 4.69) is 4.98 Å². The Morgan fingerprint density at radius 1 is 1.12 bits per heavy atom. The molecule has 0 spiro atoms. The van der Waals surface area contributed by atoms with Crippen molar-refractivity contribution >= 4 is 11.6 Å². The number of fused-ring (bicyclic) bond motifs is 2. The summed E-state index contributed by atoms with van der Waals surface area (Å²) in [5, 5.41) is 0. The van der Waals surface area contributed by atoms with Gasteiger partial charge in [-0.3, -0.25) is 4.79 Å². The Hall–Kier alpha value is -3.02. The summed E-state index contributed by atoms with van der Waals surface area (Å²) in [6, 6.07) is 11.8. The number of rotatable bonds is 2. The van der Waals surface area contributed by atoms with Gasteiger partial charge in [0.25, 0.3) is 5.91 Å². The third kappa shape index (κ3) is 2.49. The van der Waals surface area contributed by atoms with Crippen LogP contribution in [-0.2, 0) is 0 Å². The van der Waals surface area contributed by atoms with Crippen LogP contribution in [0.3, 0.4) is 0 Å². The molecule has 1 fully saturated rings. The molecule has 0 unspecified atom stereocenters. The molecule has 1 saturated heterocycles. The fraction of sp³-hybridized carbons (Fsp3) is 0.300. The molecule has 2 aromatic heterocycles. The minimum absolute atomic E-state index is 0.0221. The molecule has 3 aromatic rings. The second-order valence-electron chi connectivity index (χ2n) is 6.65. The van der Waals surface area contributed by atoms with Crippen molar-refractivity contribution in [3.05, 3.63) is 60.0 Å². The first-order chi connectivity index (χ1) is 12.8. The molecular weight excluding hydrogens is 330 g/mol. The van der Waals surface area contributed by atoms with Crippen LogP contribution in [0.1, 0.15) is 34.9 Å². The second-order valence-corrected chi connectivity index (χ2v) is 6.65. The van der Waals surface area contributed by atoms with Crippen molar-refractivity contribution in [2.75, 3.05) is 19.8 Å². The van der Waals surface area contributed by atoms with E-state index >= 15 is 0 Å². The first-order valence-electron chi connectivity index (χ1n) is 8.94.